The Morgan fingerprint density at radius 1 is 1.42 bits per heavy atom. The average Bonchev–Trinajstić information content (AvgIpc) is 2.78. The maximum Gasteiger partial charge on any atom is 0.245 e. The van der Waals surface area contributed by atoms with Crippen LogP contribution in [-0.4, -0.2) is 34.2 Å². The van der Waals surface area contributed by atoms with E-state index >= 15 is 0 Å². The number of amides is 1. The van der Waals surface area contributed by atoms with Crippen LogP contribution in [0.25, 0.3) is 10.9 Å². The van der Waals surface area contributed by atoms with Crippen molar-refractivity contribution in [1.29, 1.82) is 0 Å². The molecule has 4 nitrogen and oxygen atoms in total. The monoisotopic (exact) mass is 500 g/mol. The predicted octanol–water partition coefficient (Wildman–Crippen LogP) is 3.92. The van der Waals surface area contributed by atoms with Gasteiger partial charge in [-0.25, -0.2) is 0 Å². The first kappa shape index (κ1) is 17.7. The number of Topliss-reactive ketones (excluding diaryl/α,β-unsaturated/α-hetero) is 1. The van der Waals surface area contributed by atoms with Gasteiger partial charge in [0.05, 0.1) is 6.54 Å². The number of likely N-dealkylation sites (tertiary alicyclic amines) is 1. The topological polar surface area (TPSA) is 42.3 Å². The third-order valence-electron chi connectivity index (χ3n) is 4.42. The van der Waals surface area contributed by atoms with Crippen LogP contribution in [0.2, 0.25) is 0 Å². The lowest BCUT2D eigenvalue weighted by Crippen LogP contribution is -2.50. The van der Waals surface area contributed by atoms with E-state index in [0.717, 1.165) is 24.5 Å². The number of aromatic nitrogens is 1. The molecule has 0 N–H and O–H groups in total. The zero-order valence-electron chi connectivity index (χ0n) is 13.4. The second-order valence-corrected chi connectivity index (χ2v) is 8.30. The standard InChI is InChI=1S/C18H18BrIN2O2/c1-3-18(24)22-7-12(8-22)5-13(23)9-21-10-16(20)14-6-15(19)11(2)4-17(14)21/h3-4,6,10,12H,1,5,7-9H2,2H3. The summed E-state index contributed by atoms with van der Waals surface area (Å²) in [6.07, 6.45) is 3.88. The highest BCUT2D eigenvalue weighted by Gasteiger charge is 2.30. The molecule has 0 atom stereocenters. The van der Waals surface area contributed by atoms with Crippen molar-refractivity contribution in [1.82, 2.24) is 9.47 Å². The van der Waals surface area contributed by atoms with Crippen molar-refractivity contribution in [3.8, 4) is 0 Å². The number of hydrogen-bond acceptors (Lipinski definition) is 2. The molecule has 6 heteroatoms. The molecule has 1 amide bonds. The van der Waals surface area contributed by atoms with Gasteiger partial charge in [-0.1, -0.05) is 22.5 Å². The zero-order valence-corrected chi connectivity index (χ0v) is 17.1. The molecule has 2 aromatic rings. The number of nitrogens with zero attached hydrogens (tertiary/aromatic N) is 2. The van der Waals surface area contributed by atoms with E-state index in [2.05, 4.69) is 64.2 Å². The first-order valence-corrected chi connectivity index (χ1v) is 9.63. The molecular formula is C18H18BrIN2O2. The Hall–Kier alpha value is -1.15. The van der Waals surface area contributed by atoms with Crippen LogP contribution >= 0.6 is 38.5 Å². The summed E-state index contributed by atoms with van der Waals surface area (Å²) in [6.45, 7) is 7.24. The van der Waals surface area contributed by atoms with Gasteiger partial charge in [-0.05, 0) is 53.3 Å². The minimum Gasteiger partial charge on any atom is -0.339 e. The fraction of sp³-hybridized carbons (Fsp3) is 0.333. The van der Waals surface area contributed by atoms with Crippen LogP contribution in [0, 0.1) is 16.4 Å². The van der Waals surface area contributed by atoms with Crippen molar-refractivity contribution in [3.63, 3.8) is 0 Å². The van der Waals surface area contributed by atoms with E-state index in [1.54, 1.807) is 4.90 Å². The van der Waals surface area contributed by atoms with E-state index in [1.807, 2.05) is 10.8 Å². The van der Waals surface area contributed by atoms with Crippen LogP contribution in [0.1, 0.15) is 12.0 Å². The molecule has 0 saturated carbocycles. The van der Waals surface area contributed by atoms with Gasteiger partial charge in [-0.3, -0.25) is 9.59 Å². The molecule has 2 heterocycles. The van der Waals surface area contributed by atoms with Crippen molar-refractivity contribution < 1.29 is 9.59 Å². The lowest BCUT2D eigenvalue weighted by molar-refractivity contribution is -0.134. The maximum atomic E-state index is 12.4. The van der Waals surface area contributed by atoms with Gasteiger partial charge in [-0.2, -0.15) is 0 Å². The Balaban J connectivity index is 1.67. The Morgan fingerprint density at radius 2 is 2.12 bits per heavy atom. The molecule has 24 heavy (non-hydrogen) atoms. The molecule has 0 radical (unpaired) electrons. The van der Waals surface area contributed by atoms with Crippen molar-refractivity contribution in [3.05, 3.63) is 44.6 Å². The van der Waals surface area contributed by atoms with E-state index in [4.69, 9.17) is 0 Å². The number of carbonyl (C=O) groups excluding carboxylic acids is 2. The summed E-state index contributed by atoms with van der Waals surface area (Å²) in [4.78, 5) is 25.6. The number of carbonyl (C=O) groups is 2. The fourth-order valence-electron chi connectivity index (χ4n) is 3.09. The number of hydrogen-bond donors (Lipinski definition) is 0. The lowest BCUT2D eigenvalue weighted by atomic mass is 9.94. The Kier molecular flexibility index (Phi) is 5.15. The molecule has 1 fully saturated rings. The zero-order chi connectivity index (χ0) is 17.4. The van der Waals surface area contributed by atoms with Crippen molar-refractivity contribution in [2.75, 3.05) is 13.1 Å². The number of halogens is 2. The van der Waals surface area contributed by atoms with E-state index in [0.29, 0.717) is 26.1 Å². The first-order chi connectivity index (χ1) is 11.4. The number of aryl methyl sites for hydroxylation is 1. The minimum absolute atomic E-state index is 0.0503. The van der Waals surface area contributed by atoms with Crippen LogP contribution < -0.4 is 0 Å². The quantitative estimate of drug-likeness (QED) is 0.461. The van der Waals surface area contributed by atoms with Gasteiger partial charge >= 0.3 is 0 Å². The summed E-state index contributed by atoms with van der Waals surface area (Å²) < 4.78 is 4.26. The summed E-state index contributed by atoms with van der Waals surface area (Å²) >= 11 is 5.87. The molecule has 3 rings (SSSR count). The van der Waals surface area contributed by atoms with E-state index in [9.17, 15) is 9.59 Å². The molecule has 0 unspecified atom stereocenters. The van der Waals surface area contributed by atoms with Gasteiger partial charge in [0, 0.05) is 50.6 Å². The van der Waals surface area contributed by atoms with E-state index in [-0.39, 0.29) is 17.6 Å². The molecule has 0 bridgehead atoms. The van der Waals surface area contributed by atoms with Crippen LogP contribution in [0.15, 0.2) is 35.5 Å². The molecule has 1 aromatic carbocycles. The highest BCUT2D eigenvalue weighted by Crippen LogP contribution is 2.29. The van der Waals surface area contributed by atoms with Crippen molar-refractivity contribution >= 4 is 61.1 Å². The van der Waals surface area contributed by atoms with Crippen LogP contribution in [0.4, 0.5) is 0 Å². The Morgan fingerprint density at radius 3 is 2.79 bits per heavy atom. The number of ketones is 1. The molecule has 1 aromatic heterocycles. The number of rotatable bonds is 5. The van der Waals surface area contributed by atoms with E-state index in [1.165, 1.54) is 6.08 Å². The second-order valence-electron chi connectivity index (χ2n) is 6.28. The SMILES string of the molecule is C=CC(=O)N1CC(CC(=O)Cn2cc(I)c3cc(Br)c(C)cc32)C1. The van der Waals surface area contributed by atoms with Crippen LogP contribution in [0.5, 0.6) is 0 Å². The first-order valence-electron chi connectivity index (χ1n) is 7.76. The minimum atomic E-state index is -0.0503. The third-order valence-corrected chi connectivity index (χ3v) is 6.13. The number of fused-ring (bicyclic) bond motifs is 1. The molecule has 1 aliphatic rings. The van der Waals surface area contributed by atoms with Gasteiger partial charge in [0.1, 0.15) is 0 Å². The second kappa shape index (κ2) is 7.00. The summed E-state index contributed by atoms with van der Waals surface area (Å²) in [5.74, 6) is 0.434. The van der Waals surface area contributed by atoms with Crippen molar-refractivity contribution in [2.24, 2.45) is 5.92 Å². The predicted molar refractivity (Wildman–Crippen MR) is 107 cm³/mol. The molecule has 0 spiro atoms. The fourth-order valence-corrected chi connectivity index (χ4v) is 4.20. The number of benzene rings is 1. The van der Waals surface area contributed by atoms with E-state index < -0.39 is 0 Å². The third kappa shape index (κ3) is 3.44. The molecular weight excluding hydrogens is 483 g/mol. The van der Waals surface area contributed by atoms with Crippen molar-refractivity contribution in [2.45, 2.75) is 19.9 Å². The molecule has 1 aliphatic heterocycles. The molecule has 126 valence electrons. The summed E-state index contributed by atoms with van der Waals surface area (Å²) in [6, 6.07) is 4.22. The Labute approximate surface area is 163 Å². The van der Waals surface area contributed by atoms with Gasteiger partial charge < -0.3 is 9.47 Å². The summed E-state index contributed by atoms with van der Waals surface area (Å²) in [7, 11) is 0. The smallest absolute Gasteiger partial charge is 0.245 e. The maximum absolute atomic E-state index is 12.4. The van der Waals surface area contributed by atoms with Gasteiger partial charge in [-0.15, -0.1) is 0 Å². The lowest BCUT2D eigenvalue weighted by Gasteiger charge is -2.38. The molecule has 0 aliphatic carbocycles. The molecule has 1 saturated heterocycles. The van der Waals surface area contributed by atoms with Gasteiger partial charge in [0.15, 0.2) is 5.78 Å². The van der Waals surface area contributed by atoms with Gasteiger partial charge in [0.2, 0.25) is 5.91 Å². The van der Waals surface area contributed by atoms with Crippen LogP contribution in [0.3, 0.4) is 0 Å². The normalized spacial score (nSPS) is 14.7. The highest BCUT2D eigenvalue weighted by molar-refractivity contribution is 14.1. The summed E-state index contributed by atoms with van der Waals surface area (Å²) in [5, 5.41) is 1.16. The highest BCUT2D eigenvalue weighted by atomic mass is 127. The largest absolute Gasteiger partial charge is 0.339 e. The van der Waals surface area contributed by atoms with Crippen LogP contribution in [-0.2, 0) is 16.1 Å². The van der Waals surface area contributed by atoms with Gasteiger partial charge in [0.25, 0.3) is 0 Å². The average molecular weight is 501 g/mol. The summed E-state index contributed by atoms with van der Waals surface area (Å²) in [5.41, 5.74) is 2.24. The Bertz CT molecular complexity index is 837.